The van der Waals surface area contributed by atoms with E-state index in [4.69, 9.17) is 5.73 Å². The fourth-order valence-corrected chi connectivity index (χ4v) is 1.76. The van der Waals surface area contributed by atoms with Gasteiger partial charge in [0.05, 0.1) is 5.69 Å². The molecule has 1 aromatic heterocycles. The van der Waals surface area contributed by atoms with Crippen LogP contribution in [0.1, 0.15) is 0 Å². The van der Waals surface area contributed by atoms with Gasteiger partial charge in [-0.2, -0.15) is 4.39 Å². The first kappa shape index (κ1) is 10.2. The molecular formula is C10H15FN4. The van der Waals surface area contributed by atoms with Crippen molar-refractivity contribution in [2.24, 2.45) is 0 Å². The lowest BCUT2D eigenvalue weighted by Crippen LogP contribution is -2.44. The van der Waals surface area contributed by atoms with E-state index in [-0.39, 0.29) is 5.69 Å². The van der Waals surface area contributed by atoms with Gasteiger partial charge >= 0.3 is 0 Å². The van der Waals surface area contributed by atoms with Gasteiger partial charge in [-0.3, -0.25) is 0 Å². The Morgan fingerprint density at radius 3 is 2.67 bits per heavy atom. The second-order valence-corrected chi connectivity index (χ2v) is 3.82. The first-order chi connectivity index (χ1) is 7.18. The zero-order chi connectivity index (χ0) is 10.8. The second-order valence-electron chi connectivity index (χ2n) is 3.82. The molecule has 0 saturated carbocycles. The third-order valence-electron chi connectivity index (χ3n) is 2.76. The summed E-state index contributed by atoms with van der Waals surface area (Å²) in [5, 5.41) is 0. The van der Waals surface area contributed by atoms with Crippen molar-refractivity contribution in [2.75, 3.05) is 43.9 Å². The topological polar surface area (TPSA) is 45.4 Å². The number of piperazine rings is 1. The number of nitrogens with zero attached hydrogens (tertiary/aromatic N) is 3. The number of pyridine rings is 1. The van der Waals surface area contributed by atoms with E-state index in [0.717, 1.165) is 31.9 Å². The van der Waals surface area contributed by atoms with Crippen molar-refractivity contribution in [1.29, 1.82) is 0 Å². The highest BCUT2D eigenvalue weighted by Crippen LogP contribution is 2.24. The summed E-state index contributed by atoms with van der Waals surface area (Å²) in [6.07, 6.45) is 1.46. The van der Waals surface area contributed by atoms with Crippen LogP contribution in [0.25, 0.3) is 0 Å². The van der Waals surface area contributed by atoms with Crippen LogP contribution < -0.4 is 10.6 Å². The van der Waals surface area contributed by atoms with Gasteiger partial charge in [0.2, 0.25) is 5.95 Å². The highest BCUT2D eigenvalue weighted by atomic mass is 19.1. The first-order valence-corrected chi connectivity index (χ1v) is 5.02. The molecule has 4 nitrogen and oxygen atoms in total. The van der Waals surface area contributed by atoms with Crippen LogP contribution in [-0.2, 0) is 0 Å². The van der Waals surface area contributed by atoms with Crippen molar-refractivity contribution < 1.29 is 4.39 Å². The summed E-state index contributed by atoms with van der Waals surface area (Å²) in [7, 11) is 2.08. The van der Waals surface area contributed by atoms with Crippen LogP contribution in [0.3, 0.4) is 0 Å². The summed E-state index contributed by atoms with van der Waals surface area (Å²) in [5.74, 6) is -0.577. The molecule has 15 heavy (non-hydrogen) atoms. The van der Waals surface area contributed by atoms with E-state index in [1.165, 1.54) is 6.20 Å². The number of nitrogen functional groups attached to an aromatic ring is 1. The third kappa shape index (κ3) is 2.02. The van der Waals surface area contributed by atoms with E-state index in [1.807, 2.05) is 0 Å². The molecule has 2 N–H and O–H groups in total. The van der Waals surface area contributed by atoms with E-state index in [0.29, 0.717) is 0 Å². The Hall–Kier alpha value is -1.36. The van der Waals surface area contributed by atoms with Crippen molar-refractivity contribution >= 4 is 11.4 Å². The van der Waals surface area contributed by atoms with Gasteiger partial charge in [-0.05, 0) is 13.1 Å². The minimum Gasteiger partial charge on any atom is -0.393 e. The molecule has 0 bridgehead atoms. The molecule has 1 aromatic rings. The van der Waals surface area contributed by atoms with E-state index >= 15 is 0 Å². The van der Waals surface area contributed by atoms with Crippen molar-refractivity contribution in [3.8, 4) is 0 Å². The Labute approximate surface area is 88.5 Å². The molecular weight excluding hydrogens is 195 g/mol. The van der Waals surface area contributed by atoms with Crippen LogP contribution in [0.2, 0.25) is 0 Å². The van der Waals surface area contributed by atoms with E-state index in [9.17, 15) is 4.39 Å². The summed E-state index contributed by atoms with van der Waals surface area (Å²) >= 11 is 0. The number of rotatable bonds is 1. The van der Waals surface area contributed by atoms with Gasteiger partial charge in [0.25, 0.3) is 0 Å². The van der Waals surface area contributed by atoms with E-state index < -0.39 is 5.95 Å². The number of likely N-dealkylation sites (N-methyl/N-ethyl adjacent to an activating group) is 1. The van der Waals surface area contributed by atoms with Gasteiger partial charge in [-0.1, -0.05) is 0 Å². The summed E-state index contributed by atoms with van der Waals surface area (Å²) in [6, 6.07) is 1.77. The molecule has 0 aromatic carbocycles. The molecule has 2 rings (SSSR count). The number of aromatic nitrogens is 1. The molecule has 82 valence electrons. The molecule has 2 heterocycles. The molecule has 0 spiro atoms. The molecule has 1 aliphatic heterocycles. The van der Waals surface area contributed by atoms with Crippen molar-refractivity contribution in [1.82, 2.24) is 9.88 Å². The predicted molar refractivity (Wildman–Crippen MR) is 58.3 cm³/mol. The van der Waals surface area contributed by atoms with Gasteiger partial charge < -0.3 is 15.5 Å². The maximum absolute atomic E-state index is 13.1. The van der Waals surface area contributed by atoms with Gasteiger partial charge in [0.1, 0.15) is 5.69 Å². The predicted octanol–water partition coefficient (Wildman–Crippen LogP) is 0.555. The Morgan fingerprint density at radius 1 is 1.33 bits per heavy atom. The van der Waals surface area contributed by atoms with Gasteiger partial charge in [-0.25, -0.2) is 4.98 Å². The van der Waals surface area contributed by atoms with Crippen LogP contribution in [0.5, 0.6) is 0 Å². The van der Waals surface area contributed by atoms with Crippen LogP contribution in [0.4, 0.5) is 15.8 Å². The molecule has 0 unspecified atom stereocenters. The zero-order valence-electron chi connectivity index (χ0n) is 8.78. The van der Waals surface area contributed by atoms with Gasteiger partial charge in [0, 0.05) is 32.4 Å². The van der Waals surface area contributed by atoms with Gasteiger partial charge in [-0.15, -0.1) is 0 Å². The molecule has 1 aliphatic rings. The average molecular weight is 210 g/mol. The van der Waals surface area contributed by atoms with Crippen molar-refractivity contribution in [3.05, 3.63) is 18.2 Å². The third-order valence-corrected chi connectivity index (χ3v) is 2.76. The average Bonchev–Trinajstić information content (AvgIpc) is 2.24. The summed E-state index contributed by atoms with van der Waals surface area (Å²) < 4.78 is 13.1. The fraction of sp³-hybridized carbons (Fsp3) is 0.500. The molecule has 0 radical (unpaired) electrons. The number of nitrogens with two attached hydrogens (primary N) is 1. The molecule has 0 atom stereocenters. The monoisotopic (exact) mass is 210 g/mol. The van der Waals surface area contributed by atoms with Crippen molar-refractivity contribution in [3.63, 3.8) is 0 Å². The molecule has 0 amide bonds. The zero-order valence-corrected chi connectivity index (χ0v) is 8.78. The Bertz CT molecular complexity index is 347. The maximum atomic E-state index is 13.1. The van der Waals surface area contributed by atoms with Crippen LogP contribution in [0, 0.1) is 5.95 Å². The number of anilines is 2. The van der Waals surface area contributed by atoms with Gasteiger partial charge in [0.15, 0.2) is 0 Å². The highest BCUT2D eigenvalue weighted by molar-refractivity contribution is 5.66. The summed E-state index contributed by atoms with van der Waals surface area (Å²) in [6.45, 7) is 3.71. The molecule has 1 fully saturated rings. The second kappa shape index (κ2) is 4.02. The standard InChI is InChI=1S/C10H15FN4/c1-14-4-6-15(7-5-14)8-2-3-13-10(11)9(8)12/h2-3H,4-7,12H2,1H3. The number of halogens is 1. The number of hydrogen-bond donors (Lipinski definition) is 1. The first-order valence-electron chi connectivity index (χ1n) is 5.02. The quantitative estimate of drug-likeness (QED) is 0.688. The van der Waals surface area contributed by atoms with Crippen molar-refractivity contribution in [2.45, 2.75) is 0 Å². The highest BCUT2D eigenvalue weighted by Gasteiger charge is 2.17. The van der Waals surface area contributed by atoms with Crippen LogP contribution >= 0.6 is 0 Å². The lowest BCUT2D eigenvalue weighted by atomic mass is 10.2. The summed E-state index contributed by atoms with van der Waals surface area (Å²) in [4.78, 5) is 7.86. The van der Waals surface area contributed by atoms with E-state index in [2.05, 4.69) is 21.8 Å². The lowest BCUT2D eigenvalue weighted by molar-refractivity contribution is 0.313. The minimum atomic E-state index is -0.577. The van der Waals surface area contributed by atoms with E-state index in [1.54, 1.807) is 6.07 Å². The Balaban J connectivity index is 2.19. The summed E-state index contributed by atoms with van der Waals surface area (Å²) in [5.41, 5.74) is 6.57. The van der Waals surface area contributed by atoms with Crippen LogP contribution in [0.15, 0.2) is 12.3 Å². The molecule has 1 saturated heterocycles. The lowest BCUT2D eigenvalue weighted by Gasteiger charge is -2.34. The van der Waals surface area contributed by atoms with Crippen LogP contribution in [-0.4, -0.2) is 43.1 Å². The minimum absolute atomic E-state index is 0.155. The SMILES string of the molecule is CN1CCN(c2ccnc(F)c2N)CC1. The maximum Gasteiger partial charge on any atom is 0.238 e. The fourth-order valence-electron chi connectivity index (χ4n) is 1.76. The number of hydrogen-bond acceptors (Lipinski definition) is 4. The largest absolute Gasteiger partial charge is 0.393 e. The molecule has 5 heteroatoms. The Morgan fingerprint density at radius 2 is 2.00 bits per heavy atom. The smallest absolute Gasteiger partial charge is 0.238 e. The normalized spacial score (nSPS) is 18.1. The Kier molecular flexibility index (Phi) is 2.73. The molecule has 0 aliphatic carbocycles.